The van der Waals surface area contributed by atoms with Crippen LogP contribution in [0.5, 0.6) is 0 Å². The normalized spacial score (nSPS) is 16.4. The van der Waals surface area contributed by atoms with Crippen LogP contribution >= 0.6 is 11.8 Å². The molecule has 1 aliphatic heterocycles. The predicted octanol–water partition coefficient (Wildman–Crippen LogP) is 3.20. The molecule has 0 aliphatic carbocycles. The van der Waals surface area contributed by atoms with Crippen LogP contribution < -0.4 is 5.32 Å². The summed E-state index contributed by atoms with van der Waals surface area (Å²) < 4.78 is 5.44. The van der Waals surface area contributed by atoms with Crippen molar-refractivity contribution in [1.29, 1.82) is 0 Å². The molecule has 0 fully saturated rings. The second-order valence-electron chi connectivity index (χ2n) is 6.14. The molecule has 2 N–H and O–H groups in total. The number of thioether (sulfide) groups is 1. The van der Waals surface area contributed by atoms with E-state index in [1.165, 1.54) is 11.8 Å². The monoisotopic (exact) mass is 394 g/mol. The highest BCUT2D eigenvalue weighted by Gasteiger charge is 2.34. The first-order chi connectivity index (χ1) is 13.6. The number of aldehydes is 1. The highest BCUT2D eigenvalue weighted by atomic mass is 32.2. The van der Waals surface area contributed by atoms with Crippen molar-refractivity contribution < 1.29 is 23.9 Å². The predicted molar refractivity (Wildman–Crippen MR) is 103 cm³/mol. The minimum Gasteiger partial charge on any atom is -0.478 e. The number of hydrogen-bond acceptors (Lipinski definition) is 6. The molecule has 140 valence electrons. The summed E-state index contributed by atoms with van der Waals surface area (Å²) in [5.41, 5.74) is 2.41. The Labute approximate surface area is 163 Å². The highest BCUT2D eigenvalue weighted by Crippen LogP contribution is 2.41. The minimum absolute atomic E-state index is 0.105. The summed E-state index contributed by atoms with van der Waals surface area (Å²) in [6.45, 7) is 0. The van der Waals surface area contributed by atoms with Crippen LogP contribution in [0.3, 0.4) is 0 Å². The SMILES string of the molecule is O=Cc1ccc(C2CSC(NC(=O)c3nc4ccccc4o3)=C2C(=O)O)cc1. The number of fused-ring (bicyclic) bond motifs is 1. The Kier molecular flexibility index (Phi) is 4.70. The summed E-state index contributed by atoms with van der Waals surface area (Å²) in [5.74, 6) is -1.78. The van der Waals surface area contributed by atoms with Gasteiger partial charge >= 0.3 is 11.9 Å². The van der Waals surface area contributed by atoms with Crippen molar-refractivity contribution in [3.05, 3.63) is 76.2 Å². The molecule has 2 heterocycles. The third kappa shape index (κ3) is 3.29. The van der Waals surface area contributed by atoms with E-state index in [1.807, 2.05) is 0 Å². The van der Waals surface area contributed by atoms with Crippen molar-refractivity contribution in [2.24, 2.45) is 0 Å². The van der Waals surface area contributed by atoms with Crippen LogP contribution in [0.25, 0.3) is 11.1 Å². The first-order valence-corrected chi connectivity index (χ1v) is 9.37. The molecule has 0 saturated heterocycles. The number of aliphatic carboxylic acids is 1. The molecule has 0 radical (unpaired) electrons. The number of para-hydroxylation sites is 2. The smallest absolute Gasteiger partial charge is 0.334 e. The van der Waals surface area contributed by atoms with Crippen molar-refractivity contribution >= 4 is 41.0 Å². The first kappa shape index (κ1) is 18.0. The maximum Gasteiger partial charge on any atom is 0.334 e. The quantitative estimate of drug-likeness (QED) is 0.640. The van der Waals surface area contributed by atoms with Crippen LogP contribution in [0.4, 0.5) is 0 Å². The number of carbonyl (C=O) groups is 3. The van der Waals surface area contributed by atoms with Gasteiger partial charge in [0, 0.05) is 17.2 Å². The van der Waals surface area contributed by atoms with Gasteiger partial charge < -0.3 is 14.8 Å². The fourth-order valence-electron chi connectivity index (χ4n) is 3.03. The van der Waals surface area contributed by atoms with Crippen LogP contribution in [0.15, 0.2) is 63.6 Å². The summed E-state index contributed by atoms with van der Waals surface area (Å²) in [6.07, 6.45) is 0.729. The van der Waals surface area contributed by atoms with Gasteiger partial charge in [-0.15, -0.1) is 11.8 Å². The van der Waals surface area contributed by atoms with Crippen molar-refractivity contribution in [2.75, 3.05) is 5.75 Å². The number of amides is 1. The minimum atomic E-state index is -1.11. The number of hydrogen-bond donors (Lipinski definition) is 2. The molecule has 28 heavy (non-hydrogen) atoms. The van der Waals surface area contributed by atoms with Gasteiger partial charge in [0.15, 0.2) is 5.58 Å². The second-order valence-corrected chi connectivity index (χ2v) is 7.17. The molecule has 2 aromatic carbocycles. The Morgan fingerprint density at radius 3 is 2.61 bits per heavy atom. The van der Waals surface area contributed by atoms with Crippen molar-refractivity contribution in [2.45, 2.75) is 5.92 Å². The summed E-state index contributed by atoms with van der Waals surface area (Å²) in [5, 5.41) is 12.6. The molecule has 3 aromatic rings. The van der Waals surface area contributed by atoms with Gasteiger partial charge in [0.05, 0.1) is 10.6 Å². The maximum atomic E-state index is 12.5. The zero-order valence-electron chi connectivity index (χ0n) is 14.4. The van der Waals surface area contributed by atoms with Crippen molar-refractivity contribution in [1.82, 2.24) is 10.3 Å². The maximum absolute atomic E-state index is 12.5. The molecular weight excluding hydrogens is 380 g/mol. The second kappa shape index (κ2) is 7.32. The molecule has 0 bridgehead atoms. The number of carbonyl (C=O) groups excluding carboxylic acids is 2. The van der Waals surface area contributed by atoms with E-state index in [0.717, 1.165) is 11.8 Å². The number of nitrogens with one attached hydrogen (secondary N) is 1. The molecule has 1 atom stereocenters. The summed E-state index contributed by atoms with van der Waals surface area (Å²) in [4.78, 5) is 39.3. The number of carboxylic acids is 1. The lowest BCUT2D eigenvalue weighted by atomic mass is 9.93. The standard InChI is InChI=1S/C20H14N2O5S/c23-9-11-5-7-12(8-6-11)13-10-28-19(16(13)20(25)26)22-17(24)18-21-14-3-1-2-4-15(14)27-18/h1-9,13H,10H2,(H,22,24)(H,25,26). The molecule has 1 aliphatic rings. The molecule has 8 heteroatoms. The van der Waals surface area contributed by atoms with E-state index in [4.69, 9.17) is 4.42 Å². The lowest BCUT2D eigenvalue weighted by Crippen LogP contribution is -2.23. The Balaban J connectivity index is 1.62. The summed E-state index contributed by atoms with van der Waals surface area (Å²) in [7, 11) is 0. The van der Waals surface area contributed by atoms with Crippen LogP contribution in [-0.2, 0) is 4.79 Å². The summed E-state index contributed by atoms with van der Waals surface area (Å²) >= 11 is 1.25. The Morgan fingerprint density at radius 1 is 1.18 bits per heavy atom. The Morgan fingerprint density at radius 2 is 1.93 bits per heavy atom. The van der Waals surface area contributed by atoms with Crippen molar-refractivity contribution in [3.63, 3.8) is 0 Å². The topological polar surface area (TPSA) is 110 Å². The molecule has 7 nitrogen and oxygen atoms in total. The molecule has 1 unspecified atom stereocenters. The van der Waals surface area contributed by atoms with Gasteiger partial charge in [-0.1, -0.05) is 36.4 Å². The van der Waals surface area contributed by atoms with Gasteiger partial charge in [0.25, 0.3) is 5.89 Å². The average Bonchev–Trinajstić information content (AvgIpc) is 3.32. The summed E-state index contributed by atoms with van der Waals surface area (Å²) in [6, 6.07) is 13.7. The van der Waals surface area contributed by atoms with E-state index in [0.29, 0.717) is 22.4 Å². The van der Waals surface area contributed by atoms with Gasteiger partial charge in [0.2, 0.25) is 0 Å². The fourth-order valence-corrected chi connectivity index (χ4v) is 4.27. The van der Waals surface area contributed by atoms with Crippen LogP contribution in [0.2, 0.25) is 0 Å². The molecular formula is C20H14N2O5S. The van der Waals surface area contributed by atoms with Gasteiger partial charge in [-0.25, -0.2) is 9.78 Å². The fraction of sp³-hybridized carbons (Fsp3) is 0.100. The Bertz CT molecular complexity index is 1080. The van der Waals surface area contributed by atoms with E-state index >= 15 is 0 Å². The number of benzene rings is 2. The largest absolute Gasteiger partial charge is 0.478 e. The van der Waals surface area contributed by atoms with E-state index in [1.54, 1.807) is 48.5 Å². The number of aromatic nitrogens is 1. The van der Waals surface area contributed by atoms with E-state index in [9.17, 15) is 19.5 Å². The lowest BCUT2D eigenvalue weighted by molar-refractivity contribution is -0.132. The van der Waals surface area contributed by atoms with Crippen LogP contribution in [0.1, 0.15) is 32.5 Å². The number of oxazole rings is 1. The highest BCUT2D eigenvalue weighted by molar-refractivity contribution is 8.03. The van der Waals surface area contributed by atoms with Gasteiger partial charge in [-0.05, 0) is 17.7 Å². The molecule has 0 spiro atoms. The number of nitrogens with zero attached hydrogens (tertiary/aromatic N) is 1. The third-order valence-electron chi connectivity index (χ3n) is 4.41. The molecule has 0 saturated carbocycles. The number of rotatable bonds is 5. The van der Waals surface area contributed by atoms with E-state index in [-0.39, 0.29) is 16.5 Å². The van der Waals surface area contributed by atoms with Crippen LogP contribution in [-0.4, -0.2) is 34.0 Å². The zero-order valence-corrected chi connectivity index (χ0v) is 15.2. The van der Waals surface area contributed by atoms with Crippen LogP contribution in [0, 0.1) is 0 Å². The molecule has 4 rings (SSSR count). The Hall–Kier alpha value is -3.39. The van der Waals surface area contributed by atoms with Gasteiger partial charge in [-0.3, -0.25) is 9.59 Å². The third-order valence-corrected chi connectivity index (χ3v) is 5.52. The number of carboxylic acid groups (broad SMARTS) is 1. The van der Waals surface area contributed by atoms with E-state index < -0.39 is 17.8 Å². The first-order valence-electron chi connectivity index (χ1n) is 8.39. The molecule has 1 aromatic heterocycles. The average molecular weight is 394 g/mol. The zero-order chi connectivity index (χ0) is 19.7. The van der Waals surface area contributed by atoms with Crippen molar-refractivity contribution in [3.8, 4) is 0 Å². The van der Waals surface area contributed by atoms with Gasteiger partial charge in [-0.2, -0.15) is 0 Å². The van der Waals surface area contributed by atoms with Gasteiger partial charge in [0.1, 0.15) is 11.8 Å². The molecule has 1 amide bonds. The lowest BCUT2D eigenvalue weighted by Gasteiger charge is -2.12. The van der Waals surface area contributed by atoms with E-state index in [2.05, 4.69) is 10.3 Å².